The first-order chi connectivity index (χ1) is 15.6. The van der Waals surface area contributed by atoms with Gasteiger partial charge in [-0.1, -0.05) is 18.2 Å². The van der Waals surface area contributed by atoms with Crippen LogP contribution in [0.3, 0.4) is 0 Å². The normalized spacial score (nSPS) is 16.0. The number of nitrogens with zero attached hydrogens (tertiary/aromatic N) is 2. The summed E-state index contributed by atoms with van der Waals surface area (Å²) in [7, 11) is 3.33. The first-order valence-electron chi connectivity index (χ1n) is 10.9. The Morgan fingerprint density at radius 1 is 1.12 bits per heavy atom. The van der Waals surface area contributed by atoms with Crippen LogP contribution in [0.15, 0.2) is 53.5 Å². The number of benzene rings is 2. The van der Waals surface area contributed by atoms with E-state index in [1.807, 2.05) is 55.5 Å². The number of halogens is 1. The molecule has 1 fully saturated rings. The molecular formula is C24H34IN5O3. The average molecular weight is 567 g/mol. The molecule has 3 N–H and O–H groups in total. The fourth-order valence-electron chi connectivity index (χ4n) is 3.70. The van der Waals surface area contributed by atoms with Gasteiger partial charge >= 0.3 is 0 Å². The second-order valence-electron chi connectivity index (χ2n) is 7.70. The third kappa shape index (κ3) is 8.73. The van der Waals surface area contributed by atoms with Gasteiger partial charge in [0.25, 0.3) is 0 Å². The summed E-state index contributed by atoms with van der Waals surface area (Å²) in [6, 6.07) is 15.6. The zero-order valence-corrected chi connectivity index (χ0v) is 21.8. The number of likely N-dealkylation sites (tertiary alicyclic amines) is 1. The lowest BCUT2D eigenvalue weighted by atomic mass is 10.2. The summed E-state index contributed by atoms with van der Waals surface area (Å²) in [6.45, 7) is 5.49. The Kier molecular flexibility index (Phi) is 11.2. The van der Waals surface area contributed by atoms with E-state index in [-0.39, 0.29) is 42.5 Å². The van der Waals surface area contributed by atoms with Gasteiger partial charge in [-0.05, 0) is 43.2 Å². The number of ether oxygens (including phenoxy) is 2. The van der Waals surface area contributed by atoms with Gasteiger partial charge in [0.05, 0.1) is 14.2 Å². The molecule has 0 bridgehead atoms. The van der Waals surface area contributed by atoms with E-state index in [9.17, 15) is 4.79 Å². The summed E-state index contributed by atoms with van der Waals surface area (Å²) < 4.78 is 10.8. The number of hydrogen-bond donors (Lipinski definition) is 3. The SMILES string of the molecule is CCNC(=NCC(=O)Nc1ccccc1)NC1CCN(Cc2cc(OC)cc(OC)c2)C1.I. The van der Waals surface area contributed by atoms with Gasteiger partial charge in [-0.15, -0.1) is 24.0 Å². The van der Waals surface area contributed by atoms with Crippen LogP contribution in [0.5, 0.6) is 11.5 Å². The summed E-state index contributed by atoms with van der Waals surface area (Å²) in [5.41, 5.74) is 1.92. The molecule has 1 atom stereocenters. The number of guanidine groups is 1. The van der Waals surface area contributed by atoms with Gasteiger partial charge in [-0.2, -0.15) is 0 Å². The van der Waals surface area contributed by atoms with E-state index in [1.54, 1.807) is 14.2 Å². The van der Waals surface area contributed by atoms with Crippen LogP contribution in [0.4, 0.5) is 5.69 Å². The molecule has 3 rings (SSSR count). The number of carbonyl (C=O) groups excluding carboxylic acids is 1. The molecule has 1 unspecified atom stereocenters. The van der Waals surface area contributed by atoms with Crippen LogP contribution in [-0.4, -0.2) is 63.2 Å². The molecule has 2 aromatic carbocycles. The van der Waals surface area contributed by atoms with Crippen molar-refractivity contribution < 1.29 is 14.3 Å². The van der Waals surface area contributed by atoms with Gasteiger partial charge in [0.15, 0.2) is 5.96 Å². The molecule has 1 amide bonds. The van der Waals surface area contributed by atoms with Crippen LogP contribution >= 0.6 is 24.0 Å². The summed E-state index contributed by atoms with van der Waals surface area (Å²) in [5, 5.41) is 9.55. The fraction of sp³-hybridized carbons (Fsp3) is 0.417. The van der Waals surface area contributed by atoms with Crippen molar-refractivity contribution in [1.29, 1.82) is 0 Å². The number of para-hydroxylation sites is 1. The lowest BCUT2D eigenvalue weighted by Gasteiger charge is -2.19. The van der Waals surface area contributed by atoms with Crippen molar-refractivity contribution in [2.24, 2.45) is 4.99 Å². The van der Waals surface area contributed by atoms with Crippen LogP contribution in [0.2, 0.25) is 0 Å². The molecule has 2 aromatic rings. The molecule has 0 aromatic heterocycles. The summed E-state index contributed by atoms with van der Waals surface area (Å²) in [5.74, 6) is 2.10. The molecule has 1 heterocycles. The molecule has 1 aliphatic rings. The van der Waals surface area contributed by atoms with E-state index < -0.39 is 0 Å². The maximum Gasteiger partial charge on any atom is 0.246 e. The predicted octanol–water partition coefficient (Wildman–Crippen LogP) is 3.09. The van der Waals surface area contributed by atoms with Crippen molar-refractivity contribution in [2.75, 3.05) is 45.7 Å². The number of aliphatic imine (C=N–C) groups is 1. The first kappa shape index (κ1) is 26.7. The maximum absolute atomic E-state index is 12.2. The zero-order chi connectivity index (χ0) is 22.8. The maximum atomic E-state index is 12.2. The van der Waals surface area contributed by atoms with Crippen LogP contribution < -0.4 is 25.4 Å². The standard InChI is InChI=1S/C24H33N5O3.HI/c1-4-25-24(26-15-23(30)27-19-8-6-5-7-9-19)28-20-10-11-29(17-20)16-18-12-21(31-2)14-22(13-18)32-3;/h5-9,12-14,20H,4,10-11,15-17H2,1-3H3,(H,27,30)(H2,25,26,28);1H. The monoisotopic (exact) mass is 567 g/mol. The van der Waals surface area contributed by atoms with Crippen LogP contribution in [0, 0.1) is 0 Å². The van der Waals surface area contributed by atoms with E-state index in [4.69, 9.17) is 9.47 Å². The minimum absolute atomic E-state index is 0. The van der Waals surface area contributed by atoms with Crippen molar-refractivity contribution >= 4 is 41.5 Å². The molecule has 0 radical (unpaired) electrons. The van der Waals surface area contributed by atoms with Crippen molar-refractivity contribution in [3.63, 3.8) is 0 Å². The predicted molar refractivity (Wildman–Crippen MR) is 143 cm³/mol. The largest absolute Gasteiger partial charge is 0.497 e. The van der Waals surface area contributed by atoms with E-state index in [0.717, 1.165) is 55.3 Å². The highest BCUT2D eigenvalue weighted by Gasteiger charge is 2.23. The molecule has 1 aliphatic heterocycles. The minimum Gasteiger partial charge on any atom is -0.497 e. The highest BCUT2D eigenvalue weighted by Crippen LogP contribution is 2.24. The van der Waals surface area contributed by atoms with Crippen LogP contribution in [0.1, 0.15) is 18.9 Å². The Morgan fingerprint density at radius 3 is 2.45 bits per heavy atom. The number of carbonyl (C=O) groups is 1. The quantitative estimate of drug-likeness (QED) is 0.246. The number of amides is 1. The topological polar surface area (TPSA) is 87.2 Å². The van der Waals surface area contributed by atoms with E-state index in [1.165, 1.54) is 0 Å². The Bertz CT molecular complexity index is 888. The van der Waals surface area contributed by atoms with Crippen molar-refractivity contribution in [3.05, 3.63) is 54.1 Å². The van der Waals surface area contributed by atoms with Gasteiger partial charge in [-0.25, -0.2) is 4.99 Å². The van der Waals surface area contributed by atoms with E-state index in [2.05, 4.69) is 25.8 Å². The Morgan fingerprint density at radius 2 is 1.82 bits per heavy atom. The highest BCUT2D eigenvalue weighted by atomic mass is 127. The third-order valence-corrected chi connectivity index (χ3v) is 5.21. The molecule has 33 heavy (non-hydrogen) atoms. The summed E-state index contributed by atoms with van der Waals surface area (Å²) >= 11 is 0. The van der Waals surface area contributed by atoms with Crippen molar-refractivity contribution in [3.8, 4) is 11.5 Å². The number of methoxy groups -OCH3 is 2. The Hall–Kier alpha value is -2.53. The second-order valence-corrected chi connectivity index (χ2v) is 7.70. The molecular weight excluding hydrogens is 533 g/mol. The molecule has 1 saturated heterocycles. The number of hydrogen-bond acceptors (Lipinski definition) is 5. The molecule has 9 heteroatoms. The van der Waals surface area contributed by atoms with Gasteiger partial charge in [-0.3, -0.25) is 9.69 Å². The zero-order valence-electron chi connectivity index (χ0n) is 19.5. The minimum atomic E-state index is -0.145. The van der Waals surface area contributed by atoms with Crippen molar-refractivity contribution in [1.82, 2.24) is 15.5 Å². The van der Waals surface area contributed by atoms with Crippen LogP contribution in [-0.2, 0) is 11.3 Å². The van der Waals surface area contributed by atoms with Crippen molar-refractivity contribution in [2.45, 2.75) is 25.9 Å². The molecule has 180 valence electrons. The molecule has 0 saturated carbocycles. The Labute approximate surface area is 213 Å². The first-order valence-corrected chi connectivity index (χ1v) is 10.9. The second kappa shape index (κ2) is 13.9. The van der Waals surface area contributed by atoms with Gasteiger partial charge in [0.2, 0.25) is 5.91 Å². The van der Waals surface area contributed by atoms with Crippen LogP contribution in [0.25, 0.3) is 0 Å². The summed E-state index contributed by atoms with van der Waals surface area (Å²) in [6.07, 6.45) is 1.00. The fourth-order valence-corrected chi connectivity index (χ4v) is 3.70. The molecule has 0 aliphatic carbocycles. The van der Waals surface area contributed by atoms with Gasteiger partial charge in [0.1, 0.15) is 18.0 Å². The van der Waals surface area contributed by atoms with Gasteiger partial charge in [0, 0.05) is 44.0 Å². The number of nitrogens with one attached hydrogen (secondary N) is 3. The smallest absolute Gasteiger partial charge is 0.246 e. The average Bonchev–Trinajstić information content (AvgIpc) is 3.24. The lowest BCUT2D eigenvalue weighted by molar-refractivity contribution is -0.114. The summed E-state index contributed by atoms with van der Waals surface area (Å²) in [4.78, 5) is 19.1. The number of rotatable bonds is 9. The molecule has 0 spiro atoms. The van der Waals surface area contributed by atoms with E-state index >= 15 is 0 Å². The lowest BCUT2D eigenvalue weighted by Crippen LogP contribution is -2.45. The Balaban J connectivity index is 0.00000385. The van der Waals surface area contributed by atoms with E-state index in [0.29, 0.717) is 5.96 Å². The van der Waals surface area contributed by atoms with Gasteiger partial charge < -0.3 is 25.4 Å². The number of anilines is 1. The third-order valence-electron chi connectivity index (χ3n) is 5.21. The molecule has 8 nitrogen and oxygen atoms in total. The highest BCUT2D eigenvalue weighted by molar-refractivity contribution is 14.0.